The third kappa shape index (κ3) is 3.60. The summed E-state index contributed by atoms with van der Waals surface area (Å²) in [5.41, 5.74) is 6.75. The number of para-hydroxylation sites is 1. The van der Waals surface area contributed by atoms with Gasteiger partial charge in [0, 0.05) is 17.2 Å². The second-order valence-corrected chi connectivity index (χ2v) is 5.69. The fraction of sp³-hybridized carbons (Fsp3) is 0.167. The Morgan fingerprint density at radius 1 is 0.875 bits per heavy atom. The summed E-state index contributed by atoms with van der Waals surface area (Å²) in [5.74, 6) is -1.11. The Kier molecular flexibility index (Phi) is 4.29. The topological polar surface area (TPSA) is 101 Å². The molecule has 0 spiro atoms. The van der Waals surface area contributed by atoms with Crippen molar-refractivity contribution in [3.63, 3.8) is 0 Å². The number of anilines is 1. The van der Waals surface area contributed by atoms with Crippen LogP contribution in [0.1, 0.15) is 43.9 Å². The Bertz CT molecular complexity index is 795. The zero-order chi connectivity index (χ0) is 17.1. The molecule has 1 saturated carbocycles. The molecule has 0 atom stereocenters. The molecule has 1 aliphatic carbocycles. The number of nitrogens with two attached hydrogens (primary N) is 1. The summed E-state index contributed by atoms with van der Waals surface area (Å²) < 4.78 is 0. The van der Waals surface area contributed by atoms with E-state index >= 15 is 0 Å². The van der Waals surface area contributed by atoms with E-state index in [1.165, 1.54) is 24.3 Å². The third-order valence-electron chi connectivity index (χ3n) is 3.76. The van der Waals surface area contributed by atoms with Gasteiger partial charge in [-0.25, -0.2) is 0 Å². The van der Waals surface area contributed by atoms with Gasteiger partial charge in [0.2, 0.25) is 5.91 Å². The predicted molar refractivity (Wildman–Crippen MR) is 89.8 cm³/mol. The lowest BCUT2D eigenvalue weighted by Crippen LogP contribution is -2.27. The monoisotopic (exact) mass is 323 g/mol. The van der Waals surface area contributed by atoms with Crippen LogP contribution in [0.2, 0.25) is 0 Å². The first kappa shape index (κ1) is 15.7. The van der Waals surface area contributed by atoms with Crippen LogP contribution in [0.15, 0.2) is 48.5 Å². The van der Waals surface area contributed by atoms with Crippen molar-refractivity contribution in [3.05, 3.63) is 65.2 Å². The number of hydrogen-bond donors (Lipinski definition) is 3. The first-order valence-electron chi connectivity index (χ1n) is 7.65. The molecule has 0 saturated heterocycles. The van der Waals surface area contributed by atoms with Gasteiger partial charge in [-0.15, -0.1) is 0 Å². The Morgan fingerprint density at radius 3 is 2.12 bits per heavy atom. The highest BCUT2D eigenvalue weighted by Gasteiger charge is 2.25. The molecule has 6 nitrogen and oxygen atoms in total. The van der Waals surface area contributed by atoms with Crippen LogP contribution in [-0.4, -0.2) is 23.8 Å². The first-order chi connectivity index (χ1) is 11.5. The van der Waals surface area contributed by atoms with Gasteiger partial charge in [0.25, 0.3) is 11.8 Å². The van der Waals surface area contributed by atoms with Crippen LogP contribution in [0.3, 0.4) is 0 Å². The Balaban J connectivity index is 1.76. The molecular weight excluding hydrogens is 306 g/mol. The molecule has 2 aromatic rings. The molecule has 4 N–H and O–H groups in total. The standard InChI is InChI=1S/C18H17N3O3/c19-16(22)11-5-7-12(8-6-11)17(23)21-15-4-2-1-3-14(15)18(24)20-13-9-10-13/h1-8,13H,9-10H2,(H2,19,22)(H,20,24)(H,21,23). The normalized spacial score (nSPS) is 13.2. The average Bonchev–Trinajstić information content (AvgIpc) is 3.39. The molecule has 3 rings (SSSR count). The van der Waals surface area contributed by atoms with Crippen molar-refractivity contribution in [2.75, 3.05) is 5.32 Å². The van der Waals surface area contributed by atoms with Crippen LogP contribution in [0.25, 0.3) is 0 Å². The lowest BCUT2D eigenvalue weighted by molar-refractivity contribution is 0.0950. The van der Waals surface area contributed by atoms with E-state index in [0.717, 1.165) is 12.8 Å². The van der Waals surface area contributed by atoms with E-state index in [2.05, 4.69) is 10.6 Å². The van der Waals surface area contributed by atoms with Crippen LogP contribution < -0.4 is 16.4 Å². The van der Waals surface area contributed by atoms with Crippen molar-refractivity contribution in [2.45, 2.75) is 18.9 Å². The van der Waals surface area contributed by atoms with Gasteiger partial charge in [-0.2, -0.15) is 0 Å². The number of primary amides is 1. The second kappa shape index (κ2) is 6.54. The lowest BCUT2D eigenvalue weighted by atomic mass is 10.1. The minimum atomic E-state index is -0.552. The number of hydrogen-bond acceptors (Lipinski definition) is 3. The molecule has 0 aliphatic heterocycles. The van der Waals surface area contributed by atoms with Crippen molar-refractivity contribution in [3.8, 4) is 0 Å². The fourth-order valence-corrected chi connectivity index (χ4v) is 2.26. The van der Waals surface area contributed by atoms with Gasteiger partial charge in [0.15, 0.2) is 0 Å². The van der Waals surface area contributed by atoms with Crippen LogP contribution in [0.5, 0.6) is 0 Å². The van der Waals surface area contributed by atoms with Gasteiger partial charge < -0.3 is 16.4 Å². The summed E-state index contributed by atoms with van der Waals surface area (Å²) in [5, 5.41) is 5.64. The van der Waals surface area contributed by atoms with Gasteiger partial charge in [-0.05, 0) is 49.2 Å². The number of amides is 3. The van der Waals surface area contributed by atoms with E-state index < -0.39 is 5.91 Å². The molecule has 6 heteroatoms. The Hall–Kier alpha value is -3.15. The van der Waals surface area contributed by atoms with Crippen molar-refractivity contribution in [1.29, 1.82) is 0 Å². The number of carbonyl (C=O) groups excluding carboxylic acids is 3. The van der Waals surface area contributed by atoms with Gasteiger partial charge in [0.05, 0.1) is 11.3 Å². The summed E-state index contributed by atoms with van der Waals surface area (Å²) >= 11 is 0. The Morgan fingerprint density at radius 2 is 1.50 bits per heavy atom. The lowest BCUT2D eigenvalue weighted by Gasteiger charge is -2.11. The zero-order valence-electron chi connectivity index (χ0n) is 12.9. The molecule has 1 aliphatic rings. The molecule has 0 bridgehead atoms. The molecule has 24 heavy (non-hydrogen) atoms. The first-order valence-corrected chi connectivity index (χ1v) is 7.65. The summed E-state index contributed by atoms with van der Waals surface area (Å²) in [4.78, 5) is 35.6. The van der Waals surface area contributed by atoms with E-state index in [0.29, 0.717) is 22.4 Å². The number of carbonyl (C=O) groups is 3. The highest BCUT2D eigenvalue weighted by molar-refractivity contribution is 6.09. The van der Waals surface area contributed by atoms with Gasteiger partial charge >= 0.3 is 0 Å². The highest BCUT2D eigenvalue weighted by atomic mass is 16.2. The average molecular weight is 323 g/mol. The largest absolute Gasteiger partial charge is 0.366 e. The molecular formula is C18H17N3O3. The van der Waals surface area contributed by atoms with E-state index in [-0.39, 0.29) is 17.9 Å². The minimum Gasteiger partial charge on any atom is -0.366 e. The maximum atomic E-state index is 12.3. The molecule has 0 aromatic heterocycles. The molecule has 1 fully saturated rings. The van der Waals surface area contributed by atoms with Gasteiger partial charge in [-0.1, -0.05) is 12.1 Å². The molecule has 0 unspecified atom stereocenters. The minimum absolute atomic E-state index is 0.197. The smallest absolute Gasteiger partial charge is 0.255 e. The maximum absolute atomic E-state index is 12.3. The molecule has 2 aromatic carbocycles. The summed E-state index contributed by atoms with van der Waals surface area (Å²) in [6.07, 6.45) is 1.99. The zero-order valence-corrected chi connectivity index (χ0v) is 12.9. The van der Waals surface area contributed by atoms with Crippen LogP contribution >= 0.6 is 0 Å². The molecule has 0 radical (unpaired) electrons. The summed E-state index contributed by atoms with van der Waals surface area (Å²) in [7, 11) is 0. The SMILES string of the molecule is NC(=O)c1ccc(C(=O)Nc2ccccc2C(=O)NC2CC2)cc1. The van der Waals surface area contributed by atoms with E-state index in [9.17, 15) is 14.4 Å². The van der Waals surface area contributed by atoms with Crippen molar-refractivity contribution in [1.82, 2.24) is 5.32 Å². The maximum Gasteiger partial charge on any atom is 0.255 e. The number of rotatable bonds is 5. The number of nitrogens with one attached hydrogen (secondary N) is 2. The van der Waals surface area contributed by atoms with E-state index in [4.69, 9.17) is 5.73 Å². The van der Waals surface area contributed by atoms with Crippen molar-refractivity contribution in [2.24, 2.45) is 5.73 Å². The molecule has 3 amide bonds. The van der Waals surface area contributed by atoms with Crippen LogP contribution in [-0.2, 0) is 0 Å². The third-order valence-corrected chi connectivity index (χ3v) is 3.76. The van der Waals surface area contributed by atoms with Crippen LogP contribution in [0.4, 0.5) is 5.69 Å². The molecule has 122 valence electrons. The van der Waals surface area contributed by atoms with Crippen molar-refractivity contribution < 1.29 is 14.4 Å². The number of benzene rings is 2. The fourth-order valence-electron chi connectivity index (χ4n) is 2.26. The summed E-state index contributed by atoms with van der Waals surface area (Å²) in [6, 6.07) is 13.1. The van der Waals surface area contributed by atoms with Crippen molar-refractivity contribution >= 4 is 23.4 Å². The highest BCUT2D eigenvalue weighted by Crippen LogP contribution is 2.22. The van der Waals surface area contributed by atoms with E-state index in [1.54, 1.807) is 24.3 Å². The predicted octanol–water partition coefficient (Wildman–Crippen LogP) is 1.93. The van der Waals surface area contributed by atoms with Gasteiger partial charge in [-0.3, -0.25) is 14.4 Å². The molecule has 0 heterocycles. The van der Waals surface area contributed by atoms with E-state index in [1.807, 2.05) is 0 Å². The van der Waals surface area contributed by atoms with Gasteiger partial charge in [0.1, 0.15) is 0 Å². The second-order valence-electron chi connectivity index (χ2n) is 5.69. The Labute approximate surface area is 139 Å². The summed E-state index contributed by atoms with van der Waals surface area (Å²) in [6.45, 7) is 0. The van der Waals surface area contributed by atoms with Crippen LogP contribution in [0, 0.1) is 0 Å². The quantitative estimate of drug-likeness (QED) is 0.783.